The van der Waals surface area contributed by atoms with Crippen molar-refractivity contribution >= 4 is 27.8 Å². The second kappa shape index (κ2) is 3.46. The number of aromatic nitrogens is 1. The molecular weight excluding hydrogens is 262 g/mol. The topological polar surface area (TPSA) is 65.5 Å². The van der Waals surface area contributed by atoms with Gasteiger partial charge in [-0.15, -0.1) is 0 Å². The van der Waals surface area contributed by atoms with Gasteiger partial charge in [-0.2, -0.15) is 0 Å². The monoisotopic (exact) mass is 271 g/mol. The van der Waals surface area contributed by atoms with Gasteiger partial charge in [-0.05, 0) is 35.0 Å². The van der Waals surface area contributed by atoms with Crippen molar-refractivity contribution in [2.45, 2.75) is 12.6 Å². The average Bonchev–Trinajstić information content (AvgIpc) is 2.43. The van der Waals surface area contributed by atoms with E-state index < -0.39 is 5.72 Å². The molecule has 2 N–H and O–H groups in total. The molecule has 0 spiro atoms. The summed E-state index contributed by atoms with van der Waals surface area (Å²) >= 11 is 3.25. The van der Waals surface area contributed by atoms with Crippen molar-refractivity contribution < 1.29 is 9.90 Å². The fourth-order valence-electron chi connectivity index (χ4n) is 1.47. The second-order valence-electron chi connectivity index (χ2n) is 3.55. The number of carbonyl (C=O) groups excluding carboxylic acids is 1. The Bertz CT molecular complexity index is 391. The zero-order valence-electron chi connectivity index (χ0n) is 8.07. The van der Waals surface area contributed by atoms with Crippen molar-refractivity contribution in [3.63, 3.8) is 0 Å². The predicted molar refractivity (Wildman–Crippen MR) is 58.4 cm³/mol. The quantitative estimate of drug-likeness (QED) is 0.804. The number of urea groups is 1. The summed E-state index contributed by atoms with van der Waals surface area (Å²) in [5.41, 5.74) is -1.22. The molecule has 0 bridgehead atoms. The van der Waals surface area contributed by atoms with Crippen molar-refractivity contribution in [3.8, 4) is 0 Å². The third-order valence-corrected chi connectivity index (χ3v) is 2.67. The molecule has 5 nitrogen and oxygen atoms in total. The Balaban J connectivity index is 2.37. The fraction of sp³-hybridized carbons (Fsp3) is 0.333. The molecule has 1 atom stereocenters. The number of amides is 2. The first kappa shape index (κ1) is 10.4. The van der Waals surface area contributed by atoms with E-state index in [1.165, 1.54) is 4.90 Å². The van der Waals surface area contributed by atoms with Crippen LogP contribution in [0.4, 0.5) is 10.6 Å². The summed E-state index contributed by atoms with van der Waals surface area (Å²) in [5.74, 6) is 0.429. The third-order valence-electron chi connectivity index (χ3n) is 2.20. The number of carbonyl (C=O) groups is 1. The number of aliphatic hydroxyl groups is 1. The Morgan fingerprint density at radius 1 is 1.67 bits per heavy atom. The minimum Gasteiger partial charge on any atom is -0.369 e. The Morgan fingerprint density at radius 2 is 2.40 bits per heavy atom. The van der Waals surface area contributed by atoms with Gasteiger partial charge in [0.1, 0.15) is 5.82 Å². The maximum absolute atomic E-state index is 11.5. The van der Waals surface area contributed by atoms with Crippen LogP contribution in [0, 0.1) is 0 Å². The SMILES string of the molecule is CC1(O)CNC(=O)N1c1ccc(Br)cn1. The summed E-state index contributed by atoms with van der Waals surface area (Å²) in [6.07, 6.45) is 1.58. The summed E-state index contributed by atoms with van der Waals surface area (Å²) in [7, 11) is 0. The van der Waals surface area contributed by atoms with Gasteiger partial charge in [0.25, 0.3) is 0 Å². The summed E-state index contributed by atoms with van der Waals surface area (Å²) in [5, 5.41) is 12.5. The largest absolute Gasteiger partial charge is 0.369 e. The average molecular weight is 272 g/mol. The van der Waals surface area contributed by atoms with E-state index in [2.05, 4.69) is 26.2 Å². The smallest absolute Gasteiger partial charge is 0.325 e. The molecule has 1 aliphatic rings. The Hall–Kier alpha value is -1.14. The number of β-amino-alcohol motifs (C(OH)–C–C–N with tert-alkyl or cyclic N) is 1. The van der Waals surface area contributed by atoms with Crippen LogP contribution in [0.1, 0.15) is 6.92 Å². The van der Waals surface area contributed by atoms with E-state index in [1.54, 1.807) is 25.3 Å². The number of hydrogen-bond acceptors (Lipinski definition) is 3. The molecule has 0 radical (unpaired) electrons. The van der Waals surface area contributed by atoms with Gasteiger partial charge >= 0.3 is 6.03 Å². The molecule has 2 rings (SSSR count). The molecule has 0 aromatic carbocycles. The van der Waals surface area contributed by atoms with Gasteiger partial charge in [0.15, 0.2) is 5.72 Å². The molecule has 15 heavy (non-hydrogen) atoms. The van der Waals surface area contributed by atoms with Gasteiger partial charge in [0, 0.05) is 10.7 Å². The lowest BCUT2D eigenvalue weighted by molar-refractivity contribution is 0.0852. The molecule has 0 saturated carbocycles. The lowest BCUT2D eigenvalue weighted by Gasteiger charge is -2.26. The molecule has 0 aliphatic carbocycles. The van der Waals surface area contributed by atoms with Crippen molar-refractivity contribution in [1.29, 1.82) is 0 Å². The number of hydrogen-bond donors (Lipinski definition) is 2. The van der Waals surface area contributed by atoms with Gasteiger partial charge in [-0.1, -0.05) is 0 Å². The molecule has 2 heterocycles. The van der Waals surface area contributed by atoms with Crippen LogP contribution >= 0.6 is 15.9 Å². The molecular formula is C9H10BrN3O2. The maximum Gasteiger partial charge on any atom is 0.325 e. The zero-order valence-corrected chi connectivity index (χ0v) is 9.65. The van der Waals surface area contributed by atoms with Crippen LogP contribution < -0.4 is 10.2 Å². The number of pyridine rings is 1. The lowest BCUT2D eigenvalue weighted by atomic mass is 10.2. The number of nitrogens with one attached hydrogen (secondary N) is 1. The van der Waals surface area contributed by atoms with Gasteiger partial charge < -0.3 is 10.4 Å². The highest BCUT2D eigenvalue weighted by atomic mass is 79.9. The number of nitrogens with zero attached hydrogens (tertiary/aromatic N) is 2. The highest BCUT2D eigenvalue weighted by Gasteiger charge is 2.41. The summed E-state index contributed by atoms with van der Waals surface area (Å²) < 4.78 is 0.825. The first-order valence-corrected chi connectivity index (χ1v) is 5.22. The van der Waals surface area contributed by atoms with Crippen molar-refractivity contribution in [1.82, 2.24) is 10.3 Å². The summed E-state index contributed by atoms with van der Waals surface area (Å²) in [6, 6.07) is 3.10. The van der Waals surface area contributed by atoms with Gasteiger partial charge in [0.2, 0.25) is 0 Å². The van der Waals surface area contributed by atoms with Gasteiger partial charge in [0.05, 0.1) is 6.54 Å². The van der Waals surface area contributed by atoms with Crippen LogP contribution in [-0.4, -0.2) is 28.4 Å². The summed E-state index contributed by atoms with van der Waals surface area (Å²) in [6.45, 7) is 1.76. The first-order valence-electron chi connectivity index (χ1n) is 4.43. The lowest BCUT2D eigenvalue weighted by Crippen LogP contribution is -2.45. The van der Waals surface area contributed by atoms with E-state index in [0.29, 0.717) is 5.82 Å². The van der Waals surface area contributed by atoms with Crippen LogP contribution in [0.15, 0.2) is 22.8 Å². The van der Waals surface area contributed by atoms with Crippen molar-refractivity contribution in [2.24, 2.45) is 0 Å². The highest BCUT2D eigenvalue weighted by molar-refractivity contribution is 9.10. The third kappa shape index (κ3) is 1.82. The van der Waals surface area contributed by atoms with E-state index in [-0.39, 0.29) is 12.6 Å². The van der Waals surface area contributed by atoms with E-state index in [4.69, 9.17) is 0 Å². The predicted octanol–water partition coefficient (Wildman–Crippen LogP) is 1.08. The van der Waals surface area contributed by atoms with E-state index in [9.17, 15) is 9.90 Å². The van der Waals surface area contributed by atoms with E-state index in [1.807, 2.05) is 0 Å². The zero-order chi connectivity index (χ0) is 11.1. The van der Waals surface area contributed by atoms with Crippen LogP contribution in [0.5, 0.6) is 0 Å². The molecule has 6 heteroatoms. The van der Waals surface area contributed by atoms with Crippen LogP contribution in [0.2, 0.25) is 0 Å². The highest BCUT2D eigenvalue weighted by Crippen LogP contribution is 2.24. The Labute approximate surface area is 95.2 Å². The molecule has 1 aliphatic heterocycles. The van der Waals surface area contributed by atoms with Gasteiger partial charge in [-0.25, -0.2) is 14.7 Å². The van der Waals surface area contributed by atoms with Crippen molar-refractivity contribution in [3.05, 3.63) is 22.8 Å². The van der Waals surface area contributed by atoms with Gasteiger partial charge in [-0.3, -0.25) is 0 Å². The second-order valence-corrected chi connectivity index (χ2v) is 4.46. The van der Waals surface area contributed by atoms with E-state index in [0.717, 1.165) is 4.47 Å². The maximum atomic E-state index is 11.5. The van der Waals surface area contributed by atoms with Crippen LogP contribution in [0.3, 0.4) is 0 Å². The minimum atomic E-state index is -1.22. The molecule has 1 saturated heterocycles. The minimum absolute atomic E-state index is 0.198. The Morgan fingerprint density at radius 3 is 2.87 bits per heavy atom. The number of rotatable bonds is 1. The van der Waals surface area contributed by atoms with E-state index >= 15 is 0 Å². The number of halogens is 1. The molecule has 1 fully saturated rings. The van der Waals surface area contributed by atoms with Crippen molar-refractivity contribution in [2.75, 3.05) is 11.4 Å². The molecule has 1 aromatic heterocycles. The molecule has 2 amide bonds. The fourth-order valence-corrected chi connectivity index (χ4v) is 1.71. The Kier molecular flexibility index (Phi) is 2.40. The first-order chi connectivity index (χ1) is 7.00. The molecule has 1 aromatic rings. The normalized spacial score (nSPS) is 25.5. The summed E-state index contributed by atoms with van der Waals surface area (Å²) in [4.78, 5) is 16.8. The molecule has 80 valence electrons. The number of anilines is 1. The van der Waals surface area contributed by atoms with Crippen LogP contribution in [-0.2, 0) is 0 Å². The standard InChI is InChI=1S/C9H10BrN3O2/c1-9(15)5-12-8(14)13(9)7-3-2-6(10)4-11-7/h2-4,15H,5H2,1H3,(H,12,14). The van der Waals surface area contributed by atoms with Crippen LogP contribution in [0.25, 0.3) is 0 Å². The molecule has 1 unspecified atom stereocenters.